The number of hydrogen-bond acceptors (Lipinski definition) is 6. The van der Waals surface area contributed by atoms with Gasteiger partial charge in [0, 0.05) is 26.2 Å². The number of unbranched alkanes of at least 4 members (excludes halogenated alkanes) is 1. The highest BCUT2D eigenvalue weighted by Gasteiger charge is 2.14. The summed E-state index contributed by atoms with van der Waals surface area (Å²) >= 11 is 12.0. The number of aromatic nitrogens is 4. The second-order valence-electron chi connectivity index (χ2n) is 7.32. The van der Waals surface area contributed by atoms with Gasteiger partial charge in [0.1, 0.15) is 0 Å². The summed E-state index contributed by atoms with van der Waals surface area (Å²) in [5.74, 6) is 0.366. The summed E-state index contributed by atoms with van der Waals surface area (Å²) in [4.78, 5) is 24.1. The molecule has 1 aliphatic rings. The maximum absolute atomic E-state index is 12.6. The average Bonchev–Trinajstić information content (AvgIpc) is 3.16. The number of aryl methyl sites for hydroxylation is 1. The van der Waals surface area contributed by atoms with Crippen LogP contribution in [0.4, 0.5) is 5.95 Å². The maximum Gasteiger partial charge on any atom is 0.278 e. The van der Waals surface area contributed by atoms with Gasteiger partial charge in [-0.1, -0.05) is 29.3 Å². The lowest BCUT2D eigenvalue weighted by atomic mass is 10.1. The van der Waals surface area contributed by atoms with Crippen LogP contribution < -0.4 is 16.2 Å². The number of morpholine rings is 1. The normalized spacial score (nSPS) is 16.8. The quantitative estimate of drug-likeness (QED) is 0.456. The minimum Gasteiger partial charge on any atom is -0.376 e. The zero-order valence-electron chi connectivity index (χ0n) is 16.5. The van der Waals surface area contributed by atoms with Crippen molar-refractivity contribution in [1.29, 1.82) is 0 Å². The first-order chi connectivity index (χ1) is 14.6. The number of anilines is 1. The van der Waals surface area contributed by atoms with E-state index in [1.54, 1.807) is 18.5 Å². The molecule has 0 saturated carbocycles. The van der Waals surface area contributed by atoms with Crippen LogP contribution in [-0.2, 0) is 17.8 Å². The third-order valence-electron chi connectivity index (χ3n) is 5.11. The SMILES string of the molecule is O=c1[nH]c(NCc2ccc(Cl)c(Cl)c2)nc2ncn(CCCCC3CNCCO3)c12. The van der Waals surface area contributed by atoms with E-state index in [9.17, 15) is 4.79 Å². The number of rotatable bonds is 8. The van der Waals surface area contributed by atoms with Gasteiger partial charge in [-0.15, -0.1) is 0 Å². The number of halogens is 2. The van der Waals surface area contributed by atoms with Gasteiger partial charge in [0.05, 0.1) is 29.1 Å². The highest BCUT2D eigenvalue weighted by molar-refractivity contribution is 6.42. The van der Waals surface area contributed by atoms with Crippen LogP contribution in [-0.4, -0.2) is 45.3 Å². The summed E-state index contributed by atoms with van der Waals surface area (Å²) in [5, 5.41) is 7.43. The molecule has 4 rings (SSSR count). The molecule has 30 heavy (non-hydrogen) atoms. The van der Waals surface area contributed by atoms with Gasteiger partial charge in [-0.05, 0) is 37.0 Å². The summed E-state index contributed by atoms with van der Waals surface area (Å²) in [6, 6.07) is 5.37. The van der Waals surface area contributed by atoms with Gasteiger partial charge in [0.15, 0.2) is 11.2 Å². The number of ether oxygens (including phenoxy) is 1. The van der Waals surface area contributed by atoms with Gasteiger partial charge in [0.25, 0.3) is 5.56 Å². The molecule has 160 valence electrons. The molecule has 0 amide bonds. The Morgan fingerprint density at radius 3 is 2.97 bits per heavy atom. The third-order valence-corrected chi connectivity index (χ3v) is 5.85. The second-order valence-corrected chi connectivity index (χ2v) is 8.13. The van der Waals surface area contributed by atoms with Gasteiger partial charge in [-0.2, -0.15) is 4.98 Å². The van der Waals surface area contributed by atoms with E-state index in [0.717, 1.165) is 51.1 Å². The molecule has 2 aromatic heterocycles. The number of hydrogen-bond donors (Lipinski definition) is 3. The number of nitrogens with zero attached hydrogens (tertiary/aromatic N) is 3. The number of fused-ring (bicyclic) bond motifs is 1. The highest BCUT2D eigenvalue weighted by Crippen LogP contribution is 2.23. The number of benzene rings is 1. The van der Waals surface area contributed by atoms with Crippen LogP contribution in [0.5, 0.6) is 0 Å². The molecule has 10 heteroatoms. The fourth-order valence-electron chi connectivity index (χ4n) is 3.53. The van der Waals surface area contributed by atoms with Crippen molar-refractivity contribution in [3.8, 4) is 0 Å². The summed E-state index contributed by atoms with van der Waals surface area (Å²) in [5.41, 5.74) is 1.63. The van der Waals surface area contributed by atoms with Crippen molar-refractivity contribution < 1.29 is 4.74 Å². The van der Waals surface area contributed by atoms with E-state index in [1.165, 1.54) is 0 Å². The van der Waals surface area contributed by atoms with Gasteiger partial charge < -0.3 is 19.9 Å². The van der Waals surface area contributed by atoms with Crippen LogP contribution in [0, 0.1) is 0 Å². The Morgan fingerprint density at radius 1 is 1.27 bits per heavy atom. The molecule has 0 spiro atoms. The molecule has 0 bridgehead atoms. The first-order valence-corrected chi connectivity index (χ1v) is 10.8. The van der Waals surface area contributed by atoms with Crippen LogP contribution in [0.2, 0.25) is 10.0 Å². The van der Waals surface area contributed by atoms with Crippen molar-refractivity contribution in [2.24, 2.45) is 0 Å². The maximum atomic E-state index is 12.6. The van der Waals surface area contributed by atoms with E-state index in [0.29, 0.717) is 33.7 Å². The Balaban J connectivity index is 1.36. The average molecular weight is 451 g/mol. The lowest BCUT2D eigenvalue weighted by Gasteiger charge is -2.23. The van der Waals surface area contributed by atoms with Crippen LogP contribution in [0.3, 0.4) is 0 Å². The first kappa shape index (κ1) is 21.1. The molecule has 3 heterocycles. The van der Waals surface area contributed by atoms with E-state index in [-0.39, 0.29) is 11.7 Å². The van der Waals surface area contributed by atoms with Crippen molar-refractivity contribution in [3.63, 3.8) is 0 Å². The van der Waals surface area contributed by atoms with Crippen LogP contribution in [0.25, 0.3) is 11.2 Å². The zero-order chi connectivity index (χ0) is 20.9. The van der Waals surface area contributed by atoms with E-state index >= 15 is 0 Å². The predicted octanol–water partition coefficient (Wildman–Crippen LogP) is 3.20. The van der Waals surface area contributed by atoms with Crippen LogP contribution in [0.1, 0.15) is 24.8 Å². The van der Waals surface area contributed by atoms with Crippen molar-refractivity contribution in [2.75, 3.05) is 25.0 Å². The molecule has 8 nitrogen and oxygen atoms in total. The topological polar surface area (TPSA) is 96.9 Å². The zero-order valence-corrected chi connectivity index (χ0v) is 18.0. The van der Waals surface area contributed by atoms with Crippen molar-refractivity contribution in [2.45, 2.75) is 38.5 Å². The number of H-pyrrole nitrogens is 1. The Bertz CT molecular complexity index is 1060. The van der Waals surface area contributed by atoms with E-state index in [4.69, 9.17) is 27.9 Å². The Labute approximate surface area is 184 Å². The summed E-state index contributed by atoms with van der Waals surface area (Å²) < 4.78 is 7.58. The molecule has 3 aromatic rings. The lowest BCUT2D eigenvalue weighted by molar-refractivity contribution is 0.0220. The number of aromatic amines is 1. The minimum atomic E-state index is -0.214. The van der Waals surface area contributed by atoms with Gasteiger partial charge >= 0.3 is 0 Å². The van der Waals surface area contributed by atoms with Gasteiger partial charge in [-0.3, -0.25) is 9.78 Å². The third kappa shape index (κ3) is 5.13. The van der Waals surface area contributed by atoms with E-state index < -0.39 is 0 Å². The van der Waals surface area contributed by atoms with Gasteiger partial charge in [0.2, 0.25) is 5.95 Å². The fraction of sp³-hybridized carbons (Fsp3) is 0.450. The molecule has 0 aliphatic carbocycles. The fourth-order valence-corrected chi connectivity index (χ4v) is 3.85. The predicted molar refractivity (Wildman–Crippen MR) is 118 cm³/mol. The molecule has 1 aliphatic heterocycles. The molecule has 1 fully saturated rings. The standard InChI is InChI=1S/C20H24Cl2N6O2/c21-15-5-4-13(9-16(15)22)10-24-20-26-18-17(19(29)27-20)28(12-25-18)7-2-1-3-14-11-23-6-8-30-14/h4-5,9,12,14,23H,1-3,6-8,10-11H2,(H2,24,26,27,29). The van der Waals surface area contributed by atoms with Crippen molar-refractivity contribution in [1.82, 2.24) is 24.8 Å². The van der Waals surface area contributed by atoms with Crippen molar-refractivity contribution in [3.05, 3.63) is 50.5 Å². The Hall–Kier alpha value is -2.13. The first-order valence-electron chi connectivity index (χ1n) is 10.1. The summed E-state index contributed by atoms with van der Waals surface area (Å²) in [7, 11) is 0. The molecule has 1 unspecified atom stereocenters. The van der Waals surface area contributed by atoms with E-state index in [2.05, 4.69) is 25.6 Å². The molecule has 1 saturated heterocycles. The molecule has 1 aromatic carbocycles. The van der Waals surface area contributed by atoms with Crippen molar-refractivity contribution >= 4 is 40.3 Å². The van der Waals surface area contributed by atoms with Crippen LogP contribution >= 0.6 is 23.2 Å². The lowest BCUT2D eigenvalue weighted by Crippen LogP contribution is -2.38. The molecular weight excluding hydrogens is 427 g/mol. The molecule has 0 radical (unpaired) electrons. The van der Waals surface area contributed by atoms with E-state index in [1.807, 2.05) is 10.6 Å². The second kappa shape index (κ2) is 9.78. The monoisotopic (exact) mass is 450 g/mol. The molecule has 1 atom stereocenters. The highest BCUT2D eigenvalue weighted by atomic mass is 35.5. The van der Waals surface area contributed by atoms with Gasteiger partial charge in [-0.25, -0.2) is 4.98 Å². The number of imidazole rings is 1. The van der Waals surface area contributed by atoms with Crippen LogP contribution in [0.15, 0.2) is 29.3 Å². The summed E-state index contributed by atoms with van der Waals surface area (Å²) in [6.45, 7) is 3.79. The largest absolute Gasteiger partial charge is 0.376 e. The minimum absolute atomic E-state index is 0.214. The number of nitrogens with one attached hydrogen (secondary N) is 3. The smallest absolute Gasteiger partial charge is 0.278 e. The molecule has 3 N–H and O–H groups in total. The summed E-state index contributed by atoms with van der Waals surface area (Å²) in [6.07, 6.45) is 4.95. The molecular formula is C20H24Cl2N6O2. The Morgan fingerprint density at radius 2 is 2.17 bits per heavy atom. The Kier molecular flexibility index (Phi) is 6.89.